The summed E-state index contributed by atoms with van der Waals surface area (Å²) in [4.78, 5) is 0. The second kappa shape index (κ2) is 5.58. The Morgan fingerprint density at radius 2 is 1.85 bits per heavy atom. The fourth-order valence-electron chi connectivity index (χ4n) is 1.60. The molecule has 0 amide bonds. The van der Waals surface area contributed by atoms with Gasteiger partial charge in [-0.05, 0) is 32.9 Å². The van der Waals surface area contributed by atoms with E-state index in [9.17, 15) is 4.39 Å². The molecule has 0 aliphatic carbocycles. The van der Waals surface area contributed by atoms with Gasteiger partial charge in [-0.3, -0.25) is 0 Å². The van der Waals surface area contributed by atoms with E-state index < -0.39 is 5.82 Å². The van der Waals surface area contributed by atoms with Gasteiger partial charge in [-0.1, -0.05) is 28.4 Å². The van der Waals surface area contributed by atoms with Crippen LogP contribution in [0.15, 0.2) is 18.3 Å². The van der Waals surface area contributed by atoms with Gasteiger partial charge in [-0.2, -0.15) is 0 Å². The van der Waals surface area contributed by atoms with Crippen LogP contribution >= 0.6 is 23.2 Å². The molecule has 108 valence electrons. The van der Waals surface area contributed by atoms with Gasteiger partial charge in [0.25, 0.3) is 0 Å². The molecule has 2 aromatic rings. The van der Waals surface area contributed by atoms with Crippen molar-refractivity contribution in [2.75, 3.05) is 5.32 Å². The van der Waals surface area contributed by atoms with E-state index in [4.69, 9.17) is 23.2 Å². The van der Waals surface area contributed by atoms with Crippen LogP contribution in [0.3, 0.4) is 0 Å². The minimum absolute atomic E-state index is 0.129. The van der Waals surface area contributed by atoms with Crippen LogP contribution in [-0.4, -0.2) is 15.0 Å². The zero-order valence-electron chi connectivity index (χ0n) is 11.4. The highest BCUT2D eigenvalue weighted by Crippen LogP contribution is 2.31. The van der Waals surface area contributed by atoms with Crippen LogP contribution < -0.4 is 5.32 Å². The lowest BCUT2D eigenvalue weighted by Gasteiger charge is -2.17. The minimum atomic E-state index is -0.468. The van der Waals surface area contributed by atoms with Gasteiger partial charge in [0.15, 0.2) is 0 Å². The minimum Gasteiger partial charge on any atom is -0.377 e. The second-order valence-electron chi connectivity index (χ2n) is 5.42. The molecule has 2 rings (SSSR count). The summed E-state index contributed by atoms with van der Waals surface area (Å²) >= 11 is 11.9. The van der Waals surface area contributed by atoms with Crippen molar-refractivity contribution in [1.29, 1.82) is 0 Å². The number of hydrogen-bond donors (Lipinski definition) is 1. The lowest BCUT2D eigenvalue weighted by atomic mass is 10.1. The largest absolute Gasteiger partial charge is 0.377 e. The first-order chi connectivity index (χ1) is 9.27. The quantitative estimate of drug-likeness (QED) is 0.927. The maximum absolute atomic E-state index is 13.1. The first kappa shape index (κ1) is 15.1. The van der Waals surface area contributed by atoms with Crippen LogP contribution in [0.4, 0.5) is 10.1 Å². The van der Waals surface area contributed by atoms with Gasteiger partial charge in [-0.25, -0.2) is 9.07 Å². The van der Waals surface area contributed by atoms with E-state index >= 15 is 0 Å². The van der Waals surface area contributed by atoms with Crippen molar-refractivity contribution < 1.29 is 4.39 Å². The van der Waals surface area contributed by atoms with Gasteiger partial charge < -0.3 is 5.32 Å². The van der Waals surface area contributed by atoms with Crippen molar-refractivity contribution in [1.82, 2.24) is 15.0 Å². The average molecular weight is 317 g/mol. The molecule has 0 radical (unpaired) electrons. The van der Waals surface area contributed by atoms with Gasteiger partial charge in [-0.15, -0.1) is 5.10 Å². The Bertz CT molecular complexity index is 596. The monoisotopic (exact) mass is 316 g/mol. The molecule has 0 unspecified atom stereocenters. The van der Waals surface area contributed by atoms with Gasteiger partial charge >= 0.3 is 0 Å². The standard InChI is InChI=1S/C13H15Cl2FN4/c1-13(2,3)20-7-9(18-19-20)6-17-12-10(14)4-8(16)5-11(12)15/h4-5,7,17H,6H2,1-3H3. The third-order valence-corrected chi connectivity index (χ3v) is 3.28. The Hall–Kier alpha value is -1.33. The molecule has 4 nitrogen and oxygen atoms in total. The lowest BCUT2D eigenvalue weighted by Crippen LogP contribution is -2.22. The average Bonchev–Trinajstić information content (AvgIpc) is 2.75. The summed E-state index contributed by atoms with van der Waals surface area (Å²) in [6.07, 6.45) is 1.85. The van der Waals surface area contributed by atoms with Gasteiger partial charge in [0.05, 0.1) is 34.0 Å². The molecule has 0 spiro atoms. The molecule has 0 saturated carbocycles. The van der Waals surface area contributed by atoms with Crippen LogP contribution in [0, 0.1) is 5.82 Å². The lowest BCUT2D eigenvalue weighted by molar-refractivity contribution is 0.347. The molecule has 1 heterocycles. The zero-order chi connectivity index (χ0) is 14.9. The molecule has 1 aromatic heterocycles. The first-order valence-electron chi connectivity index (χ1n) is 6.07. The molecule has 0 fully saturated rings. The van der Waals surface area contributed by atoms with Gasteiger partial charge in [0.2, 0.25) is 0 Å². The summed E-state index contributed by atoms with van der Waals surface area (Å²) in [5, 5.41) is 11.6. The Kier molecular flexibility index (Phi) is 4.20. The fraction of sp³-hybridized carbons (Fsp3) is 0.385. The third kappa shape index (κ3) is 3.41. The van der Waals surface area contributed by atoms with Gasteiger partial charge in [0.1, 0.15) is 11.5 Å². The topological polar surface area (TPSA) is 42.7 Å². The molecular formula is C13H15Cl2FN4. The number of nitrogens with zero attached hydrogens (tertiary/aromatic N) is 3. The highest BCUT2D eigenvalue weighted by atomic mass is 35.5. The second-order valence-corrected chi connectivity index (χ2v) is 6.24. The SMILES string of the molecule is CC(C)(C)n1cc(CNc2c(Cl)cc(F)cc2Cl)nn1. The zero-order valence-corrected chi connectivity index (χ0v) is 12.9. The molecule has 0 atom stereocenters. The first-order valence-corrected chi connectivity index (χ1v) is 6.83. The van der Waals surface area contributed by atoms with Crippen molar-refractivity contribution in [3.63, 3.8) is 0 Å². The third-order valence-electron chi connectivity index (χ3n) is 2.68. The summed E-state index contributed by atoms with van der Waals surface area (Å²) < 4.78 is 14.9. The van der Waals surface area contributed by atoms with E-state index in [1.807, 2.05) is 27.0 Å². The highest BCUT2D eigenvalue weighted by molar-refractivity contribution is 6.39. The van der Waals surface area contributed by atoms with Crippen molar-refractivity contribution in [2.24, 2.45) is 0 Å². The molecule has 0 saturated heterocycles. The number of nitrogens with one attached hydrogen (secondary N) is 1. The number of hydrogen-bond acceptors (Lipinski definition) is 3. The summed E-state index contributed by atoms with van der Waals surface area (Å²) in [6, 6.07) is 2.42. The van der Waals surface area contributed by atoms with Crippen LogP contribution in [0.5, 0.6) is 0 Å². The molecule has 0 aliphatic rings. The summed E-state index contributed by atoms with van der Waals surface area (Å²) in [5.74, 6) is -0.468. The van der Waals surface area contributed by atoms with Crippen molar-refractivity contribution >= 4 is 28.9 Å². The number of anilines is 1. The van der Waals surface area contributed by atoms with E-state index in [0.717, 1.165) is 5.69 Å². The predicted octanol–water partition coefficient (Wildman–Crippen LogP) is 4.09. The Balaban J connectivity index is 2.12. The molecule has 20 heavy (non-hydrogen) atoms. The summed E-state index contributed by atoms with van der Waals surface area (Å²) in [6.45, 7) is 6.51. The van der Waals surface area contributed by atoms with Crippen molar-refractivity contribution in [3.05, 3.63) is 39.9 Å². The van der Waals surface area contributed by atoms with Gasteiger partial charge in [0, 0.05) is 0 Å². The van der Waals surface area contributed by atoms with E-state index in [-0.39, 0.29) is 15.6 Å². The van der Waals surface area contributed by atoms with E-state index in [1.54, 1.807) is 4.68 Å². The molecule has 0 bridgehead atoms. The Labute approximate surface area is 126 Å². The van der Waals surface area contributed by atoms with Crippen molar-refractivity contribution in [3.8, 4) is 0 Å². The van der Waals surface area contributed by atoms with E-state index in [1.165, 1.54) is 12.1 Å². The normalized spacial score (nSPS) is 11.7. The summed E-state index contributed by atoms with van der Waals surface area (Å²) in [5.41, 5.74) is 1.10. The molecule has 1 aromatic carbocycles. The maximum atomic E-state index is 13.1. The molecular weight excluding hydrogens is 302 g/mol. The van der Waals surface area contributed by atoms with E-state index in [2.05, 4.69) is 15.6 Å². The Morgan fingerprint density at radius 3 is 2.35 bits per heavy atom. The van der Waals surface area contributed by atoms with Crippen LogP contribution in [-0.2, 0) is 12.1 Å². The van der Waals surface area contributed by atoms with E-state index in [0.29, 0.717) is 12.2 Å². The van der Waals surface area contributed by atoms with Crippen LogP contribution in [0.2, 0.25) is 10.0 Å². The molecule has 7 heteroatoms. The van der Waals surface area contributed by atoms with Crippen LogP contribution in [0.25, 0.3) is 0 Å². The molecule has 0 aliphatic heterocycles. The maximum Gasteiger partial charge on any atom is 0.126 e. The predicted molar refractivity (Wildman–Crippen MR) is 78.8 cm³/mol. The number of rotatable bonds is 3. The van der Waals surface area contributed by atoms with Crippen molar-refractivity contribution in [2.45, 2.75) is 32.9 Å². The Morgan fingerprint density at radius 1 is 1.25 bits per heavy atom. The molecule has 1 N–H and O–H groups in total. The number of halogens is 3. The number of benzene rings is 1. The highest BCUT2D eigenvalue weighted by Gasteiger charge is 2.15. The summed E-state index contributed by atoms with van der Waals surface area (Å²) in [7, 11) is 0. The number of aromatic nitrogens is 3. The fourth-order valence-corrected chi connectivity index (χ4v) is 2.19. The van der Waals surface area contributed by atoms with Crippen LogP contribution in [0.1, 0.15) is 26.5 Å². The smallest absolute Gasteiger partial charge is 0.126 e.